The van der Waals surface area contributed by atoms with Crippen molar-refractivity contribution in [3.05, 3.63) is 23.8 Å². The molecule has 3 fully saturated rings. The number of allylic oxidation sites excluding steroid dienone is 4. The molecule has 2 N–H and O–H groups in total. The minimum Gasteiger partial charge on any atom is -0.475 e. The van der Waals surface area contributed by atoms with Crippen LogP contribution in [0.4, 0.5) is 4.39 Å². The van der Waals surface area contributed by atoms with Gasteiger partial charge in [0.15, 0.2) is 11.4 Å². The van der Waals surface area contributed by atoms with Crippen LogP contribution in [0.15, 0.2) is 23.8 Å². The van der Waals surface area contributed by atoms with Crippen molar-refractivity contribution in [2.75, 3.05) is 0 Å². The molecule has 9 atom stereocenters. The Bertz CT molecular complexity index is 1000. The highest BCUT2D eigenvalue weighted by Crippen LogP contribution is 2.69. The van der Waals surface area contributed by atoms with Crippen molar-refractivity contribution in [3.63, 3.8) is 0 Å². The maximum Gasteiger partial charge on any atom is 0.376 e. The number of alkyl halides is 1. The van der Waals surface area contributed by atoms with E-state index >= 15 is 4.39 Å². The number of hydrogen-bond acceptors (Lipinski definition) is 6. The monoisotopic (exact) mass is 476 g/mol. The van der Waals surface area contributed by atoms with Crippen molar-refractivity contribution in [2.24, 2.45) is 34.5 Å². The predicted molar refractivity (Wildman–Crippen MR) is 119 cm³/mol. The van der Waals surface area contributed by atoms with E-state index in [1.807, 2.05) is 6.92 Å². The number of rotatable bonds is 5. The molecule has 34 heavy (non-hydrogen) atoms. The van der Waals surface area contributed by atoms with E-state index in [0.717, 1.165) is 0 Å². The second-order valence-corrected chi connectivity index (χ2v) is 11.0. The lowest BCUT2D eigenvalue weighted by atomic mass is 9.45. The molecule has 0 aliphatic heterocycles. The number of hydrogen-bond donors (Lipinski definition) is 2. The maximum atomic E-state index is 15.5. The van der Waals surface area contributed by atoms with Gasteiger partial charge in [-0.15, -0.1) is 0 Å². The minimum atomic E-state index is -1.94. The van der Waals surface area contributed by atoms with Crippen LogP contribution in [0.25, 0.3) is 0 Å². The van der Waals surface area contributed by atoms with Crippen molar-refractivity contribution < 1.29 is 38.5 Å². The average Bonchev–Trinajstić information content (AvgIpc) is 2.96. The van der Waals surface area contributed by atoms with Gasteiger partial charge in [-0.2, -0.15) is 0 Å². The summed E-state index contributed by atoms with van der Waals surface area (Å²) in [5.41, 5.74) is -3.64. The summed E-state index contributed by atoms with van der Waals surface area (Å²) in [4.78, 5) is 49.8. The number of aliphatic hydroxyl groups is 1. The Kier molecular flexibility index (Phi) is 5.91. The molecule has 8 heteroatoms. The second-order valence-electron chi connectivity index (χ2n) is 11.0. The van der Waals surface area contributed by atoms with Gasteiger partial charge in [0.05, 0.1) is 6.10 Å². The number of aliphatic carboxylic acids is 1. The number of aliphatic hydroxyl groups excluding tert-OH is 1. The number of ether oxygens (including phenoxy) is 1. The van der Waals surface area contributed by atoms with Gasteiger partial charge in [-0.25, -0.2) is 9.18 Å². The summed E-state index contributed by atoms with van der Waals surface area (Å²) in [5.74, 6) is -5.59. The summed E-state index contributed by atoms with van der Waals surface area (Å²) < 4.78 is 21.3. The van der Waals surface area contributed by atoms with Crippen LogP contribution in [0.1, 0.15) is 59.8 Å². The molecule has 0 aromatic carbocycles. The Morgan fingerprint density at radius 1 is 1.24 bits per heavy atom. The normalized spacial score (nSPS) is 45.0. The fourth-order valence-electron chi connectivity index (χ4n) is 7.99. The molecule has 0 spiro atoms. The first-order chi connectivity index (χ1) is 15.8. The molecule has 4 aliphatic carbocycles. The lowest BCUT2D eigenvalue weighted by molar-refractivity contribution is -0.207. The highest BCUT2D eigenvalue weighted by atomic mass is 19.1. The van der Waals surface area contributed by atoms with Crippen molar-refractivity contribution in [1.82, 2.24) is 0 Å². The van der Waals surface area contributed by atoms with Gasteiger partial charge in [-0.05, 0) is 55.2 Å². The highest BCUT2D eigenvalue weighted by Gasteiger charge is 2.74. The summed E-state index contributed by atoms with van der Waals surface area (Å²) in [5, 5.41) is 21.2. The van der Waals surface area contributed by atoms with Crippen molar-refractivity contribution in [3.8, 4) is 0 Å². The first-order valence-corrected chi connectivity index (χ1v) is 12.1. The number of Topliss-reactive ketones (excluding diaryl/α,β-unsaturated/α-hetero) is 1. The van der Waals surface area contributed by atoms with Gasteiger partial charge in [0.2, 0.25) is 0 Å². The number of carbonyl (C=O) groups is 4. The average molecular weight is 477 g/mol. The van der Waals surface area contributed by atoms with E-state index in [9.17, 15) is 29.4 Å². The Morgan fingerprint density at radius 3 is 2.53 bits per heavy atom. The van der Waals surface area contributed by atoms with Crippen LogP contribution in [-0.4, -0.2) is 51.6 Å². The lowest BCUT2D eigenvalue weighted by Gasteiger charge is -2.60. The molecule has 0 bridgehead atoms. The van der Waals surface area contributed by atoms with Crippen LogP contribution in [0.5, 0.6) is 0 Å². The quantitative estimate of drug-likeness (QED) is 0.462. The molecular weight excluding hydrogens is 443 g/mol. The molecule has 4 aliphatic rings. The van der Waals surface area contributed by atoms with Crippen molar-refractivity contribution in [1.29, 1.82) is 0 Å². The number of carbonyl (C=O) groups excluding carboxylic acids is 3. The predicted octanol–water partition coefficient (Wildman–Crippen LogP) is 3.19. The molecule has 0 heterocycles. The number of ketones is 2. The molecular formula is C26H33FO7. The SMILES string of the molecule is CCCC(=O)O[C@]1(C(=O)C(=O)O)C(C)C[C@H]2[C@@H]3CC(F)C4=CC(=O)C=C[C@]4(C)[C@H]3C(O)C[C@@]21C. The van der Waals surface area contributed by atoms with Gasteiger partial charge in [0.1, 0.15) is 6.17 Å². The highest BCUT2D eigenvalue weighted by molar-refractivity contribution is 6.36. The van der Waals surface area contributed by atoms with Gasteiger partial charge in [0, 0.05) is 29.1 Å². The maximum absolute atomic E-state index is 15.5. The second kappa shape index (κ2) is 8.11. The van der Waals surface area contributed by atoms with Crippen LogP contribution < -0.4 is 0 Å². The van der Waals surface area contributed by atoms with Crippen LogP contribution >= 0.6 is 0 Å². The smallest absolute Gasteiger partial charge is 0.376 e. The van der Waals surface area contributed by atoms with E-state index in [2.05, 4.69) is 0 Å². The fraction of sp³-hybridized carbons (Fsp3) is 0.692. The molecule has 3 saturated carbocycles. The molecule has 0 aromatic rings. The Balaban J connectivity index is 1.83. The number of halogens is 1. The van der Waals surface area contributed by atoms with E-state index in [-0.39, 0.29) is 36.9 Å². The molecule has 0 aromatic heterocycles. The zero-order chi connectivity index (χ0) is 25.2. The van der Waals surface area contributed by atoms with E-state index in [0.29, 0.717) is 18.4 Å². The molecule has 3 unspecified atom stereocenters. The molecule has 0 saturated heterocycles. The first kappa shape index (κ1) is 24.8. The number of carboxylic acids is 1. The van der Waals surface area contributed by atoms with E-state index in [1.54, 1.807) is 26.8 Å². The summed E-state index contributed by atoms with van der Waals surface area (Å²) >= 11 is 0. The first-order valence-electron chi connectivity index (χ1n) is 12.1. The Morgan fingerprint density at radius 2 is 1.91 bits per heavy atom. The molecule has 7 nitrogen and oxygen atoms in total. The lowest BCUT2D eigenvalue weighted by Crippen LogP contribution is -2.65. The third-order valence-corrected chi connectivity index (χ3v) is 9.28. The van der Waals surface area contributed by atoms with E-state index in [1.165, 1.54) is 12.2 Å². The number of esters is 1. The van der Waals surface area contributed by atoms with Crippen molar-refractivity contribution in [2.45, 2.75) is 77.7 Å². The van der Waals surface area contributed by atoms with Crippen LogP contribution in [0.3, 0.4) is 0 Å². The summed E-state index contributed by atoms with van der Waals surface area (Å²) in [6.07, 6.45) is 2.95. The van der Waals surface area contributed by atoms with Crippen LogP contribution in [0.2, 0.25) is 0 Å². The van der Waals surface area contributed by atoms with Gasteiger partial charge in [-0.1, -0.05) is 33.8 Å². The molecule has 4 rings (SSSR count). The molecule has 186 valence electrons. The molecule has 0 amide bonds. The Hall–Kier alpha value is -2.35. The summed E-state index contributed by atoms with van der Waals surface area (Å²) in [6, 6.07) is 0. The fourth-order valence-corrected chi connectivity index (χ4v) is 7.99. The zero-order valence-electron chi connectivity index (χ0n) is 20.0. The zero-order valence-corrected chi connectivity index (χ0v) is 20.0. The Labute approximate surface area is 198 Å². The standard InChI is InChI=1S/C26H33FO7/c1-5-6-20(30)34-26(22(31)23(32)33)13(2)9-16-15-11-18(27)17-10-14(28)7-8-24(17,3)21(15)19(29)12-25(16,26)4/h7-8,10,13,15-16,18-19,21,29H,5-6,9,11-12H2,1-4H3,(H,32,33)/t13?,15-,16-,18?,19?,21+,24-,25-,26-/m0/s1. The van der Waals surface area contributed by atoms with Crippen LogP contribution in [-0.2, 0) is 23.9 Å². The third kappa shape index (κ3) is 3.17. The summed E-state index contributed by atoms with van der Waals surface area (Å²) in [7, 11) is 0. The number of carboxylic acid groups (broad SMARTS) is 1. The van der Waals surface area contributed by atoms with Crippen LogP contribution in [0, 0.1) is 34.5 Å². The minimum absolute atomic E-state index is 0.0310. The number of fused-ring (bicyclic) bond motifs is 5. The van der Waals surface area contributed by atoms with E-state index < -0.39 is 58.3 Å². The van der Waals surface area contributed by atoms with Gasteiger partial charge in [-0.3, -0.25) is 14.4 Å². The van der Waals surface area contributed by atoms with Gasteiger partial charge >= 0.3 is 11.9 Å². The topological polar surface area (TPSA) is 118 Å². The van der Waals surface area contributed by atoms with Gasteiger partial charge in [0.25, 0.3) is 5.78 Å². The summed E-state index contributed by atoms with van der Waals surface area (Å²) in [6.45, 7) is 7.02. The molecule has 0 radical (unpaired) electrons. The largest absolute Gasteiger partial charge is 0.475 e. The van der Waals surface area contributed by atoms with Crippen molar-refractivity contribution >= 4 is 23.5 Å². The van der Waals surface area contributed by atoms with E-state index in [4.69, 9.17) is 4.74 Å². The van der Waals surface area contributed by atoms with Gasteiger partial charge < -0.3 is 14.9 Å². The third-order valence-electron chi connectivity index (χ3n) is 9.28.